The smallest absolute Gasteiger partial charge is 0.337 e. The van der Waals surface area contributed by atoms with Crippen LogP contribution in [0.1, 0.15) is 42.4 Å². The zero-order valence-corrected chi connectivity index (χ0v) is 11.8. The molecule has 1 saturated heterocycles. The molecule has 5 heteroatoms. The molecule has 3 heterocycles. The Bertz CT molecular complexity index is 648. The van der Waals surface area contributed by atoms with Gasteiger partial charge in [0.25, 0.3) is 0 Å². The van der Waals surface area contributed by atoms with E-state index >= 15 is 0 Å². The number of aromatic carboxylic acids is 1. The summed E-state index contributed by atoms with van der Waals surface area (Å²) >= 11 is 0. The molecule has 1 N–H and O–H groups in total. The van der Waals surface area contributed by atoms with Crippen LogP contribution in [0, 0.1) is 0 Å². The quantitative estimate of drug-likeness (QED) is 0.931. The van der Waals surface area contributed by atoms with Gasteiger partial charge in [-0.2, -0.15) is 0 Å². The fraction of sp³-hybridized carbons (Fsp3) is 0.467. The summed E-state index contributed by atoms with van der Waals surface area (Å²) < 4.78 is 1.93. The second-order valence-corrected chi connectivity index (χ2v) is 5.71. The maximum atomic E-state index is 11.1. The molecule has 0 aromatic carbocycles. The van der Waals surface area contributed by atoms with E-state index in [1.165, 1.54) is 0 Å². The highest BCUT2D eigenvalue weighted by Gasteiger charge is 2.28. The van der Waals surface area contributed by atoms with Crippen molar-refractivity contribution < 1.29 is 9.90 Å². The lowest BCUT2D eigenvalue weighted by atomic mass is 10.1. The van der Waals surface area contributed by atoms with Gasteiger partial charge in [-0.1, -0.05) is 0 Å². The Balaban J connectivity index is 1.96. The van der Waals surface area contributed by atoms with Crippen LogP contribution in [0.3, 0.4) is 0 Å². The lowest BCUT2D eigenvalue weighted by Gasteiger charge is -2.19. The lowest BCUT2D eigenvalue weighted by molar-refractivity contribution is 0.0696. The number of carboxylic acid groups (broad SMARTS) is 1. The number of hydrogen-bond acceptors (Lipinski definition) is 3. The molecule has 20 heavy (non-hydrogen) atoms. The van der Waals surface area contributed by atoms with Gasteiger partial charge >= 0.3 is 5.97 Å². The summed E-state index contributed by atoms with van der Waals surface area (Å²) in [6.45, 7) is 6.48. The normalized spacial score (nSPS) is 20.1. The lowest BCUT2D eigenvalue weighted by Crippen LogP contribution is -2.28. The Morgan fingerprint density at radius 2 is 2.25 bits per heavy atom. The number of imidazole rings is 1. The zero-order chi connectivity index (χ0) is 14.3. The molecule has 0 spiro atoms. The monoisotopic (exact) mass is 273 g/mol. The molecular weight excluding hydrogens is 254 g/mol. The largest absolute Gasteiger partial charge is 0.478 e. The number of fused-ring (bicyclic) bond motifs is 1. The molecular formula is C15H19N3O2. The van der Waals surface area contributed by atoms with Gasteiger partial charge in [-0.3, -0.25) is 0 Å². The van der Waals surface area contributed by atoms with Gasteiger partial charge in [0.2, 0.25) is 0 Å². The van der Waals surface area contributed by atoms with Crippen molar-refractivity contribution in [3.63, 3.8) is 0 Å². The molecule has 106 valence electrons. The minimum absolute atomic E-state index is 0.301. The average molecular weight is 273 g/mol. The van der Waals surface area contributed by atoms with Crippen LogP contribution in [0.4, 0.5) is 0 Å². The molecule has 0 amide bonds. The molecule has 3 rings (SSSR count). The third-order valence-electron chi connectivity index (χ3n) is 4.12. The molecule has 0 aliphatic carbocycles. The first-order valence-corrected chi connectivity index (χ1v) is 7.00. The molecule has 2 aromatic rings. The molecule has 1 aliphatic heterocycles. The molecule has 2 aromatic heterocycles. The number of carbonyl (C=O) groups is 1. The van der Waals surface area contributed by atoms with E-state index < -0.39 is 5.97 Å². The SMILES string of the molecule is CC(C)N1CCC(c2ncc3ccc(C(=O)O)cn23)C1. The van der Waals surface area contributed by atoms with Crippen LogP contribution in [0.25, 0.3) is 5.52 Å². The van der Waals surface area contributed by atoms with Gasteiger partial charge in [0.1, 0.15) is 5.82 Å². The molecule has 0 bridgehead atoms. The fourth-order valence-corrected chi connectivity index (χ4v) is 2.91. The van der Waals surface area contributed by atoms with Crippen molar-refractivity contribution in [1.82, 2.24) is 14.3 Å². The van der Waals surface area contributed by atoms with Crippen molar-refractivity contribution in [2.45, 2.75) is 32.2 Å². The minimum atomic E-state index is -0.901. The van der Waals surface area contributed by atoms with Gasteiger partial charge in [-0.15, -0.1) is 0 Å². The zero-order valence-electron chi connectivity index (χ0n) is 11.8. The Morgan fingerprint density at radius 3 is 2.90 bits per heavy atom. The van der Waals surface area contributed by atoms with Crippen molar-refractivity contribution in [3.8, 4) is 0 Å². The number of hydrogen-bond donors (Lipinski definition) is 1. The second-order valence-electron chi connectivity index (χ2n) is 5.71. The highest BCUT2D eigenvalue weighted by atomic mass is 16.4. The van der Waals surface area contributed by atoms with Crippen molar-refractivity contribution >= 4 is 11.5 Å². The predicted octanol–water partition coefficient (Wildman–Crippen LogP) is 2.23. The van der Waals surface area contributed by atoms with Crippen LogP contribution in [0.2, 0.25) is 0 Å². The summed E-state index contributed by atoms with van der Waals surface area (Å²) in [5.74, 6) is 0.456. The molecule has 1 fully saturated rings. The highest BCUT2D eigenvalue weighted by Crippen LogP contribution is 2.28. The third-order valence-corrected chi connectivity index (χ3v) is 4.12. The Hall–Kier alpha value is -1.88. The van der Waals surface area contributed by atoms with Crippen LogP contribution in [-0.4, -0.2) is 44.5 Å². The fourth-order valence-electron chi connectivity index (χ4n) is 2.91. The first-order valence-electron chi connectivity index (χ1n) is 7.00. The van der Waals surface area contributed by atoms with E-state index in [-0.39, 0.29) is 0 Å². The first kappa shape index (κ1) is 13.1. The van der Waals surface area contributed by atoms with Gasteiger partial charge < -0.3 is 14.4 Å². The Kier molecular flexibility index (Phi) is 3.22. The Labute approximate surface area is 117 Å². The van der Waals surface area contributed by atoms with Gasteiger partial charge in [0.15, 0.2) is 0 Å². The number of rotatable bonds is 3. The van der Waals surface area contributed by atoms with E-state index in [2.05, 4.69) is 23.7 Å². The van der Waals surface area contributed by atoms with Crippen LogP contribution in [0.15, 0.2) is 24.5 Å². The van der Waals surface area contributed by atoms with Crippen LogP contribution in [0.5, 0.6) is 0 Å². The summed E-state index contributed by atoms with van der Waals surface area (Å²) in [6, 6.07) is 3.98. The molecule has 1 unspecified atom stereocenters. The highest BCUT2D eigenvalue weighted by molar-refractivity contribution is 5.87. The molecule has 0 saturated carbocycles. The van der Waals surface area contributed by atoms with Gasteiger partial charge in [-0.25, -0.2) is 9.78 Å². The standard InChI is InChI=1S/C15H19N3O2/c1-10(2)17-6-5-11(8-17)14-16-7-13-4-3-12(15(19)20)9-18(13)14/h3-4,7,9-11H,5-6,8H2,1-2H3,(H,19,20). The number of likely N-dealkylation sites (tertiary alicyclic amines) is 1. The molecule has 5 nitrogen and oxygen atoms in total. The number of nitrogens with zero attached hydrogens (tertiary/aromatic N) is 3. The predicted molar refractivity (Wildman–Crippen MR) is 76.2 cm³/mol. The topological polar surface area (TPSA) is 57.8 Å². The van der Waals surface area contributed by atoms with E-state index in [0.29, 0.717) is 17.5 Å². The number of pyridine rings is 1. The van der Waals surface area contributed by atoms with Crippen LogP contribution in [-0.2, 0) is 0 Å². The van der Waals surface area contributed by atoms with Crippen molar-refractivity contribution in [3.05, 3.63) is 35.9 Å². The molecule has 1 aliphatic rings. The van der Waals surface area contributed by atoms with E-state index in [4.69, 9.17) is 5.11 Å². The van der Waals surface area contributed by atoms with Crippen LogP contribution >= 0.6 is 0 Å². The van der Waals surface area contributed by atoms with Crippen molar-refractivity contribution in [1.29, 1.82) is 0 Å². The van der Waals surface area contributed by atoms with Crippen LogP contribution < -0.4 is 0 Å². The summed E-state index contributed by atoms with van der Waals surface area (Å²) in [7, 11) is 0. The van der Waals surface area contributed by atoms with Crippen molar-refractivity contribution in [2.75, 3.05) is 13.1 Å². The number of aromatic nitrogens is 2. The first-order chi connectivity index (χ1) is 9.56. The summed E-state index contributed by atoms with van der Waals surface area (Å²) in [5.41, 5.74) is 1.25. The van der Waals surface area contributed by atoms with E-state index in [9.17, 15) is 4.79 Å². The summed E-state index contributed by atoms with van der Waals surface area (Å²) in [5, 5.41) is 9.11. The molecule has 0 radical (unpaired) electrons. The average Bonchev–Trinajstić information content (AvgIpc) is 3.03. The third kappa shape index (κ3) is 2.18. The van der Waals surface area contributed by atoms with Crippen molar-refractivity contribution in [2.24, 2.45) is 0 Å². The second kappa shape index (κ2) is 4.90. The molecule has 1 atom stereocenters. The van der Waals surface area contributed by atoms with Gasteiger partial charge in [0, 0.05) is 24.7 Å². The Morgan fingerprint density at radius 1 is 1.45 bits per heavy atom. The van der Waals surface area contributed by atoms with E-state index in [0.717, 1.165) is 30.9 Å². The summed E-state index contributed by atoms with van der Waals surface area (Å²) in [6.07, 6.45) is 4.58. The maximum Gasteiger partial charge on any atom is 0.337 e. The minimum Gasteiger partial charge on any atom is -0.478 e. The number of carboxylic acids is 1. The van der Waals surface area contributed by atoms with Gasteiger partial charge in [0.05, 0.1) is 17.3 Å². The summed E-state index contributed by atoms with van der Waals surface area (Å²) in [4.78, 5) is 18.1. The van der Waals surface area contributed by atoms with E-state index in [1.807, 2.05) is 16.7 Å². The van der Waals surface area contributed by atoms with Gasteiger partial charge in [-0.05, 0) is 38.9 Å². The maximum absolute atomic E-state index is 11.1. The van der Waals surface area contributed by atoms with E-state index in [1.54, 1.807) is 12.3 Å².